The van der Waals surface area contributed by atoms with Crippen LogP contribution in [0.5, 0.6) is 11.5 Å². The second-order valence-electron chi connectivity index (χ2n) is 4.26. The maximum Gasteiger partial charge on any atom is 0.150 e. The van der Waals surface area contributed by atoms with E-state index in [-0.39, 0.29) is 0 Å². The van der Waals surface area contributed by atoms with E-state index in [2.05, 4.69) is 0 Å². The van der Waals surface area contributed by atoms with Crippen molar-refractivity contribution in [2.75, 3.05) is 0 Å². The third-order valence-corrected chi connectivity index (χ3v) is 2.66. The van der Waals surface area contributed by atoms with E-state index in [0.29, 0.717) is 0 Å². The predicted molar refractivity (Wildman–Crippen MR) is 84.8 cm³/mol. The van der Waals surface area contributed by atoms with Crippen molar-refractivity contribution in [3.05, 3.63) is 96.6 Å². The molecule has 0 aliphatic carbocycles. The molecule has 0 unspecified atom stereocenters. The van der Waals surface area contributed by atoms with Gasteiger partial charge in [0, 0.05) is 5.56 Å². The van der Waals surface area contributed by atoms with Crippen LogP contribution in [0.15, 0.2) is 91.0 Å². The number of hydrogen-bond acceptors (Lipinski definition) is 2. The topological polar surface area (TPSA) is 26.3 Å². The Labute approximate surface area is 124 Å². The molecule has 0 aromatic heterocycles. The Kier molecular flexibility index (Phi) is 5.77. The van der Waals surface area contributed by atoms with E-state index in [4.69, 9.17) is 4.74 Å². The Balaban J connectivity index is 0.000000173. The quantitative estimate of drug-likeness (QED) is 0.631. The molecule has 0 aliphatic rings. The molecule has 0 atom stereocenters. The van der Waals surface area contributed by atoms with Crippen LogP contribution in [0.1, 0.15) is 10.4 Å². The Morgan fingerprint density at radius 1 is 0.571 bits per heavy atom. The van der Waals surface area contributed by atoms with Crippen LogP contribution in [0.25, 0.3) is 0 Å². The second kappa shape index (κ2) is 8.33. The minimum absolute atomic E-state index is 0.729. The van der Waals surface area contributed by atoms with Crippen LogP contribution < -0.4 is 4.74 Å². The van der Waals surface area contributed by atoms with Crippen LogP contribution >= 0.6 is 0 Å². The number of carbonyl (C=O) groups excluding carboxylic acids is 1. The monoisotopic (exact) mass is 276 g/mol. The van der Waals surface area contributed by atoms with E-state index in [0.717, 1.165) is 23.3 Å². The number of carbonyl (C=O) groups is 1. The van der Waals surface area contributed by atoms with E-state index in [1.54, 1.807) is 12.1 Å². The highest BCUT2D eigenvalue weighted by atomic mass is 16.5. The van der Waals surface area contributed by atoms with Gasteiger partial charge in [0.25, 0.3) is 0 Å². The number of rotatable bonds is 3. The standard InChI is InChI=1S/C12H10O.C7H6O/c1-3-7-11(8-4-1)13-12-9-5-2-6-10-12;8-6-7-4-2-1-3-5-7/h1-10H;1-6H. The molecule has 0 saturated carbocycles. The first kappa shape index (κ1) is 14.5. The van der Waals surface area contributed by atoms with Gasteiger partial charge in [-0.3, -0.25) is 4.79 Å². The zero-order valence-electron chi connectivity index (χ0n) is 11.6. The third-order valence-electron chi connectivity index (χ3n) is 2.66. The summed E-state index contributed by atoms with van der Waals surface area (Å²) in [6.45, 7) is 0. The number of para-hydroxylation sites is 2. The predicted octanol–water partition coefficient (Wildman–Crippen LogP) is 4.98. The van der Waals surface area contributed by atoms with Gasteiger partial charge in [-0.25, -0.2) is 0 Å². The molecule has 0 bridgehead atoms. The van der Waals surface area contributed by atoms with E-state index < -0.39 is 0 Å². The summed E-state index contributed by atoms with van der Waals surface area (Å²) in [6.07, 6.45) is 0.833. The average molecular weight is 276 g/mol. The van der Waals surface area contributed by atoms with E-state index in [9.17, 15) is 4.79 Å². The van der Waals surface area contributed by atoms with Gasteiger partial charge in [0.1, 0.15) is 17.8 Å². The zero-order valence-corrected chi connectivity index (χ0v) is 11.6. The molecule has 0 amide bonds. The van der Waals surface area contributed by atoms with Gasteiger partial charge in [-0.05, 0) is 24.3 Å². The molecule has 21 heavy (non-hydrogen) atoms. The molecule has 0 heterocycles. The summed E-state index contributed by atoms with van der Waals surface area (Å²) >= 11 is 0. The van der Waals surface area contributed by atoms with Gasteiger partial charge in [-0.1, -0.05) is 66.7 Å². The molecular weight excluding hydrogens is 260 g/mol. The van der Waals surface area contributed by atoms with E-state index >= 15 is 0 Å². The normalized spacial score (nSPS) is 9.14. The van der Waals surface area contributed by atoms with Crippen molar-refractivity contribution >= 4 is 6.29 Å². The molecule has 0 aliphatic heterocycles. The fourth-order valence-corrected chi connectivity index (χ4v) is 1.64. The maximum atomic E-state index is 10.0. The van der Waals surface area contributed by atoms with Gasteiger partial charge < -0.3 is 4.74 Å². The van der Waals surface area contributed by atoms with Gasteiger partial charge in [-0.15, -0.1) is 0 Å². The summed E-state index contributed by atoms with van der Waals surface area (Å²) in [7, 11) is 0. The maximum absolute atomic E-state index is 10.0. The second-order valence-corrected chi connectivity index (χ2v) is 4.26. The van der Waals surface area contributed by atoms with Gasteiger partial charge in [0.05, 0.1) is 0 Å². The summed E-state index contributed by atoms with van der Waals surface area (Å²) in [5, 5.41) is 0. The van der Waals surface area contributed by atoms with Crippen molar-refractivity contribution in [1.29, 1.82) is 0 Å². The average Bonchev–Trinajstić information content (AvgIpc) is 2.58. The molecule has 3 aromatic carbocycles. The minimum atomic E-state index is 0.729. The number of benzene rings is 3. The summed E-state index contributed by atoms with van der Waals surface area (Å²) in [4.78, 5) is 10.0. The summed E-state index contributed by atoms with van der Waals surface area (Å²) in [5.41, 5.74) is 0.729. The molecule has 0 spiro atoms. The molecule has 0 N–H and O–H groups in total. The third kappa shape index (κ3) is 5.33. The lowest BCUT2D eigenvalue weighted by Crippen LogP contribution is -1.81. The molecule has 2 nitrogen and oxygen atoms in total. The summed E-state index contributed by atoms with van der Waals surface area (Å²) < 4.78 is 5.58. The highest BCUT2D eigenvalue weighted by Crippen LogP contribution is 2.19. The van der Waals surface area contributed by atoms with Gasteiger partial charge in [-0.2, -0.15) is 0 Å². The SMILES string of the molecule is O=Cc1ccccc1.c1ccc(Oc2ccccc2)cc1. The first-order valence-electron chi connectivity index (χ1n) is 6.66. The Morgan fingerprint density at radius 2 is 0.952 bits per heavy atom. The molecule has 3 aromatic rings. The van der Waals surface area contributed by atoms with Crippen LogP contribution in [0.2, 0.25) is 0 Å². The lowest BCUT2D eigenvalue weighted by atomic mass is 10.2. The first-order valence-corrected chi connectivity index (χ1v) is 6.66. The van der Waals surface area contributed by atoms with Crippen LogP contribution in [0.4, 0.5) is 0 Å². The molecule has 104 valence electrons. The van der Waals surface area contributed by atoms with Crippen molar-refractivity contribution in [1.82, 2.24) is 0 Å². The van der Waals surface area contributed by atoms with Crippen molar-refractivity contribution < 1.29 is 9.53 Å². The lowest BCUT2D eigenvalue weighted by Gasteiger charge is -2.03. The molecular formula is C19H16O2. The smallest absolute Gasteiger partial charge is 0.150 e. The Bertz CT molecular complexity index is 597. The fourth-order valence-electron chi connectivity index (χ4n) is 1.64. The van der Waals surface area contributed by atoms with Crippen molar-refractivity contribution in [2.24, 2.45) is 0 Å². The van der Waals surface area contributed by atoms with Gasteiger partial charge in [0.15, 0.2) is 0 Å². The molecule has 0 saturated heterocycles. The summed E-state index contributed by atoms with van der Waals surface area (Å²) in [5.74, 6) is 1.74. The Morgan fingerprint density at radius 3 is 1.29 bits per heavy atom. The number of hydrogen-bond donors (Lipinski definition) is 0. The van der Waals surface area contributed by atoms with Crippen LogP contribution in [0.3, 0.4) is 0 Å². The largest absolute Gasteiger partial charge is 0.457 e. The Hall–Kier alpha value is -2.87. The fraction of sp³-hybridized carbons (Fsp3) is 0. The van der Waals surface area contributed by atoms with Crippen LogP contribution in [0, 0.1) is 0 Å². The number of ether oxygens (including phenoxy) is 1. The van der Waals surface area contributed by atoms with Crippen LogP contribution in [-0.4, -0.2) is 6.29 Å². The van der Waals surface area contributed by atoms with E-state index in [1.807, 2.05) is 78.9 Å². The lowest BCUT2D eigenvalue weighted by molar-refractivity contribution is 0.112. The van der Waals surface area contributed by atoms with Crippen molar-refractivity contribution in [2.45, 2.75) is 0 Å². The number of aldehydes is 1. The molecule has 0 radical (unpaired) electrons. The van der Waals surface area contributed by atoms with Crippen molar-refractivity contribution in [3.63, 3.8) is 0 Å². The summed E-state index contributed by atoms with van der Waals surface area (Å²) in [6, 6.07) is 28.6. The van der Waals surface area contributed by atoms with Gasteiger partial charge >= 0.3 is 0 Å². The van der Waals surface area contributed by atoms with Crippen LogP contribution in [-0.2, 0) is 0 Å². The van der Waals surface area contributed by atoms with E-state index in [1.165, 1.54) is 0 Å². The highest BCUT2D eigenvalue weighted by molar-refractivity contribution is 5.74. The zero-order chi connectivity index (χ0) is 14.8. The molecule has 0 fully saturated rings. The first-order chi connectivity index (χ1) is 10.4. The highest BCUT2D eigenvalue weighted by Gasteiger charge is 1.92. The molecule has 2 heteroatoms. The van der Waals surface area contributed by atoms with Crippen molar-refractivity contribution in [3.8, 4) is 11.5 Å². The van der Waals surface area contributed by atoms with Gasteiger partial charge in [0.2, 0.25) is 0 Å². The minimum Gasteiger partial charge on any atom is -0.457 e. The molecule has 3 rings (SSSR count).